The first-order valence-electron chi connectivity index (χ1n) is 12.9. The molecule has 1 saturated carbocycles. The van der Waals surface area contributed by atoms with Crippen molar-refractivity contribution in [2.75, 3.05) is 10.2 Å². The van der Waals surface area contributed by atoms with Crippen LogP contribution in [0.25, 0.3) is 0 Å². The third kappa shape index (κ3) is 7.85. The second-order valence-electron chi connectivity index (χ2n) is 10.3. The van der Waals surface area contributed by atoms with Crippen molar-refractivity contribution in [3.63, 3.8) is 0 Å². The molecule has 2 aromatic heterocycles. The second-order valence-corrected chi connectivity index (χ2v) is 10.3. The van der Waals surface area contributed by atoms with E-state index in [1.54, 1.807) is 0 Å². The van der Waals surface area contributed by atoms with Crippen LogP contribution in [0.4, 0.5) is 38.1 Å². The molecule has 2 N–H and O–H groups in total. The molecule has 0 radical (unpaired) electrons. The van der Waals surface area contributed by atoms with Gasteiger partial charge in [0.2, 0.25) is 0 Å². The lowest BCUT2D eigenvalue weighted by Crippen LogP contribution is -2.27. The summed E-state index contributed by atoms with van der Waals surface area (Å²) < 4.78 is 81.0. The summed E-state index contributed by atoms with van der Waals surface area (Å²) in [5, 5.41) is 24.6. The minimum Gasteiger partial charge on any atom is -0.478 e. The maximum atomic E-state index is 13.5. The Morgan fingerprint density at radius 1 is 1.07 bits per heavy atom. The molecular formula is C26H29F6N7O2. The smallest absolute Gasteiger partial charge is 0.416 e. The molecular weight excluding hydrogens is 556 g/mol. The number of carboxylic acids is 1. The SMILES string of the molecule is CC(CC1CCCC1)Nc1ncc(C(=O)O)cc1CN(Cc1cc(C(F)(F)F)cc(C(F)(F)F)c1)c1nnn(C)n1. The largest absolute Gasteiger partial charge is 0.478 e. The van der Waals surface area contributed by atoms with Crippen molar-refractivity contribution in [1.29, 1.82) is 0 Å². The highest BCUT2D eigenvalue weighted by molar-refractivity contribution is 5.87. The molecule has 41 heavy (non-hydrogen) atoms. The fourth-order valence-corrected chi connectivity index (χ4v) is 5.05. The molecule has 0 aliphatic heterocycles. The summed E-state index contributed by atoms with van der Waals surface area (Å²) in [4.78, 5) is 18.4. The van der Waals surface area contributed by atoms with Crippen LogP contribution in [0.3, 0.4) is 0 Å². The summed E-state index contributed by atoms with van der Waals surface area (Å²) in [7, 11) is 1.45. The van der Waals surface area contributed by atoms with E-state index in [1.807, 2.05) is 6.92 Å². The molecule has 4 rings (SSSR count). The Morgan fingerprint density at radius 2 is 1.71 bits per heavy atom. The Morgan fingerprint density at radius 3 is 2.24 bits per heavy atom. The fourth-order valence-electron chi connectivity index (χ4n) is 5.05. The molecule has 9 nitrogen and oxygen atoms in total. The zero-order chi connectivity index (χ0) is 29.9. The molecule has 2 heterocycles. The van der Waals surface area contributed by atoms with Gasteiger partial charge in [-0.1, -0.05) is 30.8 Å². The van der Waals surface area contributed by atoms with Crippen LogP contribution in [-0.4, -0.2) is 42.3 Å². The van der Waals surface area contributed by atoms with Crippen LogP contribution < -0.4 is 10.2 Å². The van der Waals surface area contributed by atoms with Gasteiger partial charge in [0.05, 0.1) is 23.7 Å². The van der Waals surface area contributed by atoms with Gasteiger partial charge in [-0.25, -0.2) is 9.78 Å². The maximum absolute atomic E-state index is 13.5. The molecule has 222 valence electrons. The number of halogens is 6. The van der Waals surface area contributed by atoms with Crippen molar-refractivity contribution >= 4 is 17.7 Å². The van der Waals surface area contributed by atoms with Crippen molar-refractivity contribution in [2.45, 2.75) is 70.5 Å². The molecule has 0 saturated heterocycles. The molecule has 1 aromatic carbocycles. The van der Waals surface area contributed by atoms with E-state index in [4.69, 9.17) is 0 Å². The summed E-state index contributed by atoms with van der Waals surface area (Å²) in [5.74, 6) is -0.442. The first-order chi connectivity index (χ1) is 19.2. The quantitative estimate of drug-likeness (QED) is 0.282. The standard InChI is InChI=1S/C26H29F6N7O2/c1-15(7-16-5-3-4-6-16)34-22-19(10-18(12-33-22)23(40)41)14-39(24-35-37-38(2)36-24)13-17-8-20(25(27,28)29)11-21(9-17)26(30,31)32/h8-12,15-16H,3-7,13-14H2,1-2H3,(H,33,34)(H,40,41). The Kier molecular flexibility index (Phi) is 8.73. The molecule has 15 heteroatoms. The molecule has 1 aliphatic carbocycles. The summed E-state index contributed by atoms with van der Waals surface area (Å²) in [6.45, 7) is 1.32. The number of hydrogen-bond acceptors (Lipinski definition) is 7. The van der Waals surface area contributed by atoms with Crippen LogP contribution in [0.5, 0.6) is 0 Å². The number of aromatic carboxylic acids is 1. The predicted octanol–water partition coefficient (Wildman–Crippen LogP) is 5.93. The predicted molar refractivity (Wildman–Crippen MR) is 136 cm³/mol. The Hall–Kier alpha value is -3.91. The Balaban J connectivity index is 1.70. The van der Waals surface area contributed by atoms with Gasteiger partial charge < -0.3 is 15.3 Å². The maximum Gasteiger partial charge on any atom is 0.416 e. The van der Waals surface area contributed by atoms with Gasteiger partial charge in [0.25, 0.3) is 5.95 Å². The number of aromatic nitrogens is 5. The lowest BCUT2D eigenvalue weighted by molar-refractivity contribution is -0.143. The van der Waals surface area contributed by atoms with Crippen molar-refractivity contribution < 1.29 is 36.2 Å². The summed E-state index contributed by atoms with van der Waals surface area (Å²) in [6, 6.07) is 2.65. The fraction of sp³-hybridized carbons (Fsp3) is 0.500. The van der Waals surface area contributed by atoms with Crippen molar-refractivity contribution in [2.24, 2.45) is 13.0 Å². The lowest BCUT2D eigenvalue weighted by Gasteiger charge is -2.25. The average molecular weight is 586 g/mol. The average Bonchev–Trinajstić information content (AvgIpc) is 3.55. The Bertz CT molecular complexity index is 1340. The number of carboxylic acid groups (broad SMARTS) is 1. The molecule has 1 aliphatic rings. The van der Waals surface area contributed by atoms with E-state index in [-0.39, 0.29) is 35.7 Å². The molecule has 3 aromatic rings. The van der Waals surface area contributed by atoms with Crippen molar-refractivity contribution in [3.8, 4) is 0 Å². The highest BCUT2D eigenvalue weighted by atomic mass is 19.4. The van der Waals surface area contributed by atoms with Crippen molar-refractivity contribution in [1.82, 2.24) is 25.2 Å². The monoisotopic (exact) mass is 585 g/mol. The number of anilines is 2. The zero-order valence-electron chi connectivity index (χ0n) is 22.3. The number of benzene rings is 1. The Labute approximate surface area is 231 Å². The summed E-state index contributed by atoms with van der Waals surface area (Å²) in [5.41, 5.74) is -3.00. The number of nitrogens with zero attached hydrogens (tertiary/aromatic N) is 6. The van der Waals surface area contributed by atoms with E-state index in [2.05, 4.69) is 25.7 Å². The first-order valence-corrected chi connectivity index (χ1v) is 12.9. The van der Waals surface area contributed by atoms with Crippen LogP contribution in [0.2, 0.25) is 0 Å². The number of hydrogen-bond donors (Lipinski definition) is 2. The van der Waals surface area contributed by atoms with Crippen molar-refractivity contribution in [3.05, 3.63) is 58.3 Å². The number of tetrazole rings is 1. The first kappa shape index (κ1) is 30.1. The third-order valence-electron chi connectivity index (χ3n) is 6.92. The highest BCUT2D eigenvalue weighted by Gasteiger charge is 2.37. The number of rotatable bonds is 10. The number of pyridine rings is 1. The normalized spacial score (nSPS) is 15.2. The molecule has 1 atom stereocenters. The van der Waals surface area contributed by atoms with Crippen LogP contribution in [-0.2, 0) is 32.5 Å². The molecule has 1 fully saturated rings. The van der Waals surface area contributed by atoms with Crippen LogP contribution in [0.1, 0.15) is 71.6 Å². The van der Waals surface area contributed by atoms with Gasteiger partial charge in [-0.3, -0.25) is 0 Å². The van der Waals surface area contributed by atoms with E-state index < -0.39 is 36.0 Å². The minimum atomic E-state index is -5.02. The number of nitrogens with one attached hydrogen (secondary N) is 1. The number of aryl methyl sites for hydroxylation is 1. The molecule has 0 amide bonds. The second kappa shape index (κ2) is 11.9. The number of carbonyl (C=O) groups is 1. The topological polar surface area (TPSA) is 109 Å². The molecule has 0 spiro atoms. The third-order valence-corrected chi connectivity index (χ3v) is 6.92. The zero-order valence-corrected chi connectivity index (χ0v) is 22.3. The molecule has 0 bridgehead atoms. The van der Waals surface area contributed by atoms with Crippen LogP contribution in [0, 0.1) is 5.92 Å². The minimum absolute atomic E-state index is 0.0269. The highest BCUT2D eigenvalue weighted by Crippen LogP contribution is 2.37. The van der Waals surface area contributed by atoms with Gasteiger partial charge in [-0.05, 0) is 54.3 Å². The van der Waals surface area contributed by atoms with Crippen LogP contribution in [0.15, 0.2) is 30.5 Å². The van der Waals surface area contributed by atoms with Gasteiger partial charge in [-0.2, -0.15) is 31.1 Å². The van der Waals surface area contributed by atoms with Crippen LogP contribution >= 0.6 is 0 Å². The van der Waals surface area contributed by atoms with Gasteiger partial charge in [-0.15, -0.1) is 5.10 Å². The van der Waals surface area contributed by atoms with E-state index in [0.29, 0.717) is 29.4 Å². The van der Waals surface area contributed by atoms with Gasteiger partial charge in [0.15, 0.2) is 0 Å². The van der Waals surface area contributed by atoms with E-state index in [1.165, 1.54) is 37.1 Å². The van der Waals surface area contributed by atoms with Gasteiger partial charge in [0, 0.05) is 30.9 Å². The van der Waals surface area contributed by atoms with E-state index >= 15 is 0 Å². The lowest BCUT2D eigenvalue weighted by atomic mass is 9.99. The van der Waals surface area contributed by atoms with Gasteiger partial charge in [0.1, 0.15) is 5.82 Å². The van der Waals surface area contributed by atoms with E-state index in [0.717, 1.165) is 24.1 Å². The summed E-state index contributed by atoms with van der Waals surface area (Å²) >= 11 is 0. The molecule has 1 unspecified atom stereocenters. The number of alkyl halides is 6. The van der Waals surface area contributed by atoms with E-state index in [9.17, 15) is 36.2 Å². The summed E-state index contributed by atoms with van der Waals surface area (Å²) in [6.07, 6.45) is -3.42. The van der Waals surface area contributed by atoms with Gasteiger partial charge >= 0.3 is 18.3 Å².